The Bertz CT molecular complexity index is 1260. The van der Waals surface area contributed by atoms with Gasteiger partial charge >= 0.3 is 10.8 Å². The molecule has 2 aliphatic heterocycles. The van der Waals surface area contributed by atoms with Gasteiger partial charge in [0, 0.05) is 29.0 Å². The average Bonchev–Trinajstić information content (AvgIpc) is 3.54. The topological polar surface area (TPSA) is 108 Å². The molecule has 2 bridgehead atoms. The van der Waals surface area contributed by atoms with Gasteiger partial charge in [-0.1, -0.05) is 29.9 Å². The maximum atomic E-state index is 13.7. The van der Waals surface area contributed by atoms with Gasteiger partial charge in [0.05, 0.1) is 16.9 Å². The van der Waals surface area contributed by atoms with Crippen molar-refractivity contribution in [1.29, 1.82) is 0 Å². The van der Waals surface area contributed by atoms with Gasteiger partial charge in [-0.05, 0) is 54.7 Å². The Hall–Kier alpha value is -2.46. The number of carbonyl (C=O) groups excluding carboxylic acids is 2. The van der Waals surface area contributed by atoms with Crippen molar-refractivity contribution in [2.24, 2.45) is 29.6 Å². The summed E-state index contributed by atoms with van der Waals surface area (Å²) in [5.74, 6) is -1.91. The van der Waals surface area contributed by atoms with Crippen LogP contribution in [0.2, 0.25) is 0 Å². The summed E-state index contributed by atoms with van der Waals surface area (Å²) in [5, 5.41) is 9.76. The maximum absolute atomic E-state index is 13.7. The highest BCUT2D eigenvalue weighted by Crippen LogP contribution is 2.68. The lowest BCUT2D eigenvalue weighted by molar-refractivity contribution is -0.141. The molecule has 7 nitrogen and oxygen atoms in total. The zero-order valence-corrected chi connectivity index (χ0v) is 20.4. The van der Waals surface area contributed by atoms with Crippen LogP contribution < -0.4 is 4.87 Å². The number of fused-ring (bicyclic) bond motifs is 9. The number of aromatic amines is 1. The molecule has 35 heavy (non-hydrogen) atoms. The van der Waals surface area contributed by atoms with Gasteiger partial charge in [0.2, 0.25) is 11.8 Å². The quantitative estimate of drug-likeness (QED) is 0.429. The van der Waals surface area contributed by atoms with E-state index in [-0.39, 0.29) is 69.7 Å². The second-order valence-electron chi connectivity index (χ2n) is 10.0. The number of unbranched alkanes of at least 4 members (excludes halogenated alkanes) is 2. The fourth-order valence-corrected chi connectivity index (χ4v) is 9.95. The number of carboxylic acid groups (broad SMARTS) is 1. The largest absolute Gasteiger partial charge is 0.481 e. The molecule has 7 atom stereocenters. The number of likely N-dealkylation sites (tertiary alicyclic amines) is 1. The molecule has 3 heterocycles. The molecule has 1 aromatic heterocycles. The molecule has 1 saturated heterocycles. The molecule has 0 unspecified atom stereocenters. The lowest BCUT2D eigenvalue weighted by Crippen LogP contribution is -2.42. The van der Waals surface area contributed by atoms with Crippen molar-refractivity contribution in [3.63, 3.8) is 0 Å². The van der Waals surface area contributed by atoms with Crippen molar-refractivity contribution >= 4 is 40.9 Å². The highest BCUT2D eigenvalue weighted by atomic mass is 32.2. The van der Waals surface area contributed by atoms with Crippen molar-refractivity contribution in [2.45, 2.75) is 48.3 Å². The van der Waals surface area contributed by atoms with Crippen LogP contribution in [0.25, 0.3) is 0 Å². The molecule has 2 aliphatic carbocycles. The summed E-state index contributed by atoms with van der Waals surface area (Å²) in [6.07, 6.45) is 2.71. The Morgan fingerprint density at radius 1 is 1.06 bits per heavy atom. The number of benzene rings is 1. The van der Waals surface area contributed by atoms with E-state index in [0.717, 1.165) is 21.9 Å². The number of amides is 2. The summed E-state index contributed by atoms with van der Waals surface area (Å²) in [5.41, 5.74) is 0.939. The van der Waals surface area contributed by atoms with E-state index in [0.29, 0.717) is 25.8 Å². The van der Waals surface area contributed by atoms with Crippen LogP contribution >= 0.6 is 23.1 Å². The van der Waals surface area contributed by atoms with E-state index in [9.17, 15) is 23.6 Å². The van der Waals surface area contributed by atoms with Crippen LogP contribution in [-0.2, 0) is 14.4 Å². The molecule has 2 aromatic rings. The minimum atomic E-state index is -0.838. The average molecular weight is 517 g/mol. The first-order chi connectivity index (χ1) is 16.8. The zero-order valence-electron chi connectivity index (χ0n) is 18.8. The minimum absolute atomic E-state index is 0.0383. The van der Waals surface area contributed by atoms with Gasteiger partial charge in [0.25, 0.3) is 0 Å². The second kappa shape index (κ2) is 8.58. The maximum Gasteiger partial charge on any atom is 0.305 e. The van der Waals surface area contributed by atoms with Crippen LogP contribution in [0.3, 0.4) is 0 Å². The summed E-state index contributed by atoms with van der Waals surface area (Å²) >= 11 is 2.83. The van der Waals surface area contributed by atoms with Crippen LogP contribution in [-0.4, -0.2) is 44.6 Å². The number of thiazole rings is 1. The molecule has 6 rings (SSSR count). The van der Waals surface area contributed by atoms with Crippen molar-refractivity contribution < 1.29 is 23.9 Å². The Balaban J connectivity index is 1.28. The molecule has 2 amide bonds. The normalized spacial score (nSPS) is 32.6. The number of carbonyl (C=O) groups is 3. The number of imide groups is 1. The SMILES string of the molecule is O=C(O)CCCCCN1C(=O)[C@@H]2[C@H]3C[C@@H]([C@@H]2C1=O)[C@@H]1[C@@H](c2ccc(F)cc2)c2sc(=O)[nH]c2S[C@@H]31. The Morgan fingerprint density at radius 3 is 2.49 bits per heavy atom. The number of carboxylic acids is 1. The van der Waals surface area contributed by atoms with Gasteiger partial charge in [-0.2, -0.15) is 0 Å². The first kappa shape index (κ1) is 23.0. The standard InChI is InChI=1S/C25H25FN2O5S2/c26-12-7-5-11(6-8-12)16-17-13-10-14(20(17)34-22-21(16)35-25(33)27-22)19-18(13)23(31)28(24(19)32)9-3-1-2-4-15(29)30/h5-8,13-14,16-20H,1-4,9-10H2,(H,27,33)(H,29,30)/t13-,14-,16-,17-,18+,19-,20+/m1/s1. The summed E-state index contributed by atoms with van der Waals surface area (Å²) in [6, 6.07) is 6.42. The number of H-pyrrole nitrogens is 1. The summed E-state index contributed by atoms with van der Waals surface area (Å²) in [4.78, 5) is 55.0. The number of aromatic nitrogens is 1. The lowest BCUT2D eigenvalue weighted by atomic mass is 9.68. The van der Waals surface area contributed by atoms with E-state index in [1.807, 2.05) is 0 Å². The fourth-order valence-electron chi connectivity index (χ4n) is 7.07. The van der Waals surface area contributed by atoms with E-state index >= 15 is 0 Å². The Morgan fingerprint density at radius 2 is 1.77 bits per heavy atom. The third kappa shape index (κ3) is 3.59. The highest BCUT2D eigenvalue weighted by Gasteiger charge is 2.69. The van der Waals surface area contributed by atoms with E-state index in [1.165, 1.54) is 28.4 Å². The number of thioether (sulfide) groups is 1. The van der Waals surface area contributed by atoms with Crippen molar-refractivity contribution in [2.75, 3.05) is 6.54 Å². The van der Waals surface area contributed by atoms with Gasteiger partial charge in [0.1, 0.15) is 5.82 Å². The van der Waals surface area contributed by atoms with Crippen LogP contribution in [0.1, 0.15) is 48.5 Å². The van der Waals surface area contributed by atoms with E-state index < -0.39 is 5.97 Å². The predicted molar refractivity (Wildman–Crippen MR) is 128 cm³/mol. The van der Waals surface area contributed by atoms with Crippen LogP contribution in [0.5, 0.6) is 0 Å². The zero-order chi connectivity index (χ0) is 24.4. The van der Waals surface area contributed by atoms with Gasteiger partial charge in [-0.25, -0.2) is 4.39 Å². The lowest BCUT2D eigenvalue weighted by Gasteiger charge is -2.43. The molecule has 4 aliphatic rings. The van der Waals surface area contributed by atoms with Crippen LogP contribution in [0.15, 0.2) is 34.1 Å². The number of hydrogen-bond donors (Lipinski definition) is 2. The first-order valence-electron chi connectivity index (χ1n) is 12.1. The monoisotopic (exact) mass is 516 g/mol. The molecule has 3 fully saturated rings. The second-order valence-corrected chi connectivity index (χ2v) is 12.2. The van der Waals surface area contributed by atoms with Crippen LogP contribution in [0, 0.1) is 35.4 Å². The minimum Gasteiger partial charge on any atom is -0.481 e. The molecular weight excluding hydrogens is 491 g/mol. The predicted octanol–water partition coefficient (Wildman–Crippen LogP) is 3.69. The summed E-state index contributed by atoms with van der Waals surface area (Å²) in [7, 11) is 0. The third-order valence-corrected chi connectivity index (χ3v) is 10.9. The molecule has 0 radical (unpaired) electrons. The van der Waals surface area contributed by atoms with Crippen molar-refractivity contribution in [1.82, 2.24) is 9.88 Å². The fraction of sp³-hybridized carbons (Fsp3) is 0.520. The third-order valence-electron chi connectivity index (χ3n) is 8.32. The van der Waals surface area contributed by atoms with Crippen molar-refractivity contribution in [3.05, 3.63) is 50.2 Å². The Kier molecular flexibility index (Phi) is 5.63. The van der Waals surface area contributed by atoms with E-state index in [4.69, 9.17) is 5.11 Å². The number of rotatable bonds is 7. The molecular formula is C25H25FN2O5S2. The molecule has 1 aromatic carbocycles. The number of nitrogens with zero attached hydrogens (tertiary/aromatic N) is 1. The van der Waals surface area contributed by atoms with Crippen LogP contribution in [0.4, 0.5) is 4.39 Å². The van der Waals surface area contributed by atoms with E-state index in [2.05, 4.69) is 4.98 Å². The molecule has 10 heteroatoms. The smallest absolute Gasteiger partial charge is 0.305 e. The Labute approximate surface area is 209 Å². The van der Waals surface area contributed by atoms with Gasteiger partial charge in [0.15, 0.2) is 0 Å². The van der Waals surface area contributed by atoms with Gasteiger partial charge in [-0.15, -0.1) is 11.8 Å². The van der Waals surface area contributed by atoms with Gasteiger partial charge in [-0.3, -0.25) is 24.1 Å². The highest BCUT2D eigenvalue weighted by molar-refractivity contribution is 8.00. The molecule has 2 N–H and O–H groups in total. The molecule has 2 saturated carbocycles. The number of halogens is 1. The first-order valence-corrected chi connectivity index (χ1v) is 13.8. The summed E-state index contributed by atoms with van der Waals surface area (Å²) < 4.78 is 13.7. The number of nitrogens with one attached hydrogen (secondary N) is 1. The number of hydrogen-bond acceptors (Lipinski definition) is 6. The van der Waals surface area contributed by atoms with Gasteiger partial charge < -0.3 is 10.1 Å². The molecule has 184 valence electrons. The van der Waals surface area contributed by atoms with E-state index in [1.54, 1.807) is 23.9 Å². The van der Waals surface area contributed by atoms with Crippen molar-refractivity contribution in [3.8, 4) is 0 Å². The summed E-state index contributed by atoms with van der Waals surface area (Å²) in [6.45, 7) is 0.342. The number of aliphatic carboxylic acids is 1. The molecule has 0 spiro atoms.